The van der Waals surface area contributed by atoms with Crippen LogP contribution in [-0.2, 0) is 4.79 Å². The molecule has 24 heavy (non-hydrogen) atoms. The maximum atomic E-state index is 12.8. The van der Waals surface area contributed by atoms with Crippen LogP contribution in [0, 0.1) is 5.92 Å². The molecule has 0 spiro atoms. The van der Waals surface area contributed by atoms with Gasteiger partial charge in [-0.05, 0) is 25.0 Å². The Morgan fingerprint density at radius 2 is 1.67 bits per heavy atom. The van der Waals surface area contributed by atoms with Crippen LogP contribution in [0.2, 0.25) is 0 Å². The number of ether oxygens (including phenoxy) is 2. The molecular weight excluding hydrogens is 308 g/mol. The van der Waals surface area contributed by atoms with Crippen LogP contribution in [0.25, 0.3) is 0 Å². The van der Waals surface area contributed by atoms with Crippen LogP contribution in [0.15, 0.2) is 18.2 Å². The minimum atomic E-state index is -0.0646. The van der Waals surface area contributed by atoms with E-state index in [2.05, 4.69) is 0 Å². The van der Waals surface area contributed by atoms with Crippen molar-refractivity contribution in [3.8, 4) is 11.5 Å². The normalized spacial score (nSPS) is 18.1. The molecule has 1 heterocycles. The zero-order chi connectivity index (χ0) is 17.1. The summed E-state index contributed by atoms with van der Waals surface area (Å²) in [6.45, 7) is 2.35. The molecule has 2 fully saturated rings. The number of amides is 2. The highest BCUT2D eigenvalue weighted by atomic mass is 16.5. The molecule has 130 valence electrons. The van der Waals surface area contributed by atoms with Crippen LogP contribution >= 0.6 is 0 Å². The topological polar surface area (TPSA) is 59.1 Å². The first kappa shape index (κ1) is 16.6. The van der Waals surface area contributed by atoms with Gasteiger partial charge in [0, 0.05) is 38.2 Å². The van der Waals surface area contributed by atoms with E-state index in [-0.39, 0.29) is 17.7 Å². The average Bonchev–Trinajstić information content (AvgIpc) is 2.59. The fraction of sp³-hybridized carbons (Fsp3) is 0.556. The summed E-state index contributed by atoms with van der Waals surface area (Å²) in [6.07, 6.45) is 3.19. The largest absolute Gasteiger partial charge is 0.497 e. The number of nitrogens with zero attached hydrogens (tertiary/aromatic N) is 2. The van der Waals surface area contributed by atoms with Gasteiger partial charge in [-0.1, -0.05) is 6.42 Å². The van der Waals surface area contributed by atoms with Gasteiger partial charge in [0.15, 0.2) is 0 Å². The average molecular weight is 332 g/mol. The number of carbonyl (C=O) groups excluding carboxylic acids is 2. The molecule has 1 aliphatic carbocycles. The molecule has 0 atom stereocenters. The number of benzene rings is 1. The van der Waals surface area contributed by atoms with Crippen LogP contribution < -0.4 is 9.47 Å². The Labute approximate surface area is 142 Å². The SMILES string of the molecule is COc1ccc(C(=O)N2CCN(C(=O)C3CCC3)CC2)c(OC)c1. The Kier molecular flexibility index (Phi) is 4.92. The van der Waals surface area contributed by atoms with Gasteiger partial charge in [0.25, 0.3) is 5.91 Å². The summed E-state index contributed by atoms with van der Waals surface area (Å²) in [5, 5.41) is 0. The highest BCUT2D eigenvalue weighted by Crippen LogP contribution is 2.29. The van der Waals surface area contributed by atoms with E-state index in [0.717, 1.165) is 19.3 Å². The Morgan fingerprint density at radius 3 is 2.21 bits per heavy atom. The predicted molar refractivity (Wildman–Crippen MR) is 89.4 cm³/mol. The molecule has 6 nitrogen and oxygen atoms in total. The highest BCUT2D eigenvalue weighted by molar-refractivity contribution is 5.97. The molecule has 3 rings (SSSR count). The lowest BCUT2D eigenvalue weighted by Gasteiger charge is -2.38. The summed E-state index contributed by atoms with van der Waals surface area (Å²) >= 11 is 0. The number of piperazine rings is 1. The maximum Gasteiger partial charge on any atom is 0.257 e. The van der Waals surface area contributed by atoms with Gasteiger partial charge in [-0.3, -0.25) is 9.59 Å². The predicted octanol–water partition coefficient (Wildman–Crippen LogP) is 1.79. The highest BCUT2D eigenvalue weighted by Gasteiger charge is 2.32. The molecule has 2 amide bonds. The van der Waals surface area contributed by atoms with Gasteiger partial charge < -0.3 is 19.3 Å². The van der Waals surface area contributed by atoms with E-state index in [1.807, 2.05) is 4.90 Å². The van der Waals surface area contributed by atoms with Gasteiger partial charge in [0.1, 0.15) is 11.5 Å². The second kappa shape index (κ2) is 7.11. The molecule has 0 unspecified atom stereocenters. The van der Waals surface area contributed by atoms with Gasteiger partial charge >= 0.3 is 0 Å². The van der Waals surface area contributed by atoms with Crippen molar-refractivity contribution in [2.24, 2.45) is 5.92 Å². The van der Waals surface area contributed by atoms with Gasteiger partial charge in [0.05, 0.1) is 19.8 Å². The lowest BCUT2D eigenvalue weighted by molar-refractivity contribution is -0.139. The Balaban J connectivity index is 1.63. The Morgan fingerprint density at radius 1 is 1.00 bits per heavy atom. The van der Waals surface area contributed by atoms with Gasteiger partial charge in [-0.15, -0.1) is 0 Å². The smallest absolute Gasteiger partial charge is 0.257 e. The van der Waals surface area contributed by atoms with Crippen molar-refractivity contribution in [2.45, 2.75) is 19.3 Å². The van der Waals surface area contributed by atoms with Crippen molar-refractivity contribution >= 4 is 11.8 Å². The van der Waals surface area contributed by atoms with Crippen LogP contribution in [0.4, 0.5) is 0 Å². The number of rotatable bonds is 4. The van der Waals surface area contributed by atoms with Crippen LogP contribution in [0.3, 0.4) is 0 Å². The monoisotopic (exact) mass is 332 g/mol. The Bertz CT molecular complexity index is 619. The lowest BCUT2D eigenvalue weighted by atomic mass is 9.84. The standard InChI is InChI=1S/C18H24N2O4/c1-23-14-6-7-15(16(12-14)24-2)18(22)20-10-8-19(9-11-20)17(21)13-4-3-5-13/h6-7,12-13H,3-5,8-11H2,1-2H3. The third-order valence-corrected chi connectivity index (χ3v) is 4.97. The molecule has 0 aromatic heterocycles. The first-order valence-electron chi connectivity index (χ1n) is 8.44. The maximum absolute atomic E-state index is 12.8. The first-order valence-corrected chi connectivity index (χ1v) is 8.44. The fourth-order valence-corrected chi connectivity index (χ4v) is 3.19. The zero-order valence-electron chi connectivity index (χ0n) is 14.3. The minimum absolute atomic E-state index is 0.0646. The zero-order valence-corrected chi connectivity index (χ0v) is 14.3. The molecule has 0 radical (unpaired) electrons. The third-order valence-electron chi connectivity index (χ3n) is 4.97. The molecule has 1 aromatic rings. The van der Waals surface area contributed by atoms with E-state index in [1.54, 1.807) is 37.3 Å². The molecule has 1 saturated carbocycles. The summed E-state index contributed by atoms with van der Waals surface area (Å²) < 4.78 is 10.5. The van der Waals surface area contributed by atoms with Gasteiger partial charge in [0.2, 0.25) is 5.91 Å². The van der Waals surface area contributed by atoms with Crippen molar-refractivity contribution < 1.29 is 19.1 Å². The van der Waals surface area contributed by atoms with E-state index in [4.69, 9.17) is 9.47 Å². The van der Waals surface area contributed by atoms with Crippen LogP contribution in [0.5, 0.6) is 11.5 Å². The lowest BCUT2D eigenvalue weighted by Crippen LogP contribution is -2.52. The number of methoxy groups -OCH3 is 2. The molecule has 0 bridgehead atoms. The Hall–Kier alpha value is -2.24. The van der Waals surface area contributed by atoms with E-state index in [1.165, 1.54) is 0 Å². The second-order valence-electron chi connectivity index (χ2n) is 6.31. The van der Waals surface area contributed by atoms with Crippen LogP contribution in [0.1, 0.15) is 29.6 Å². The summed E-state index contributed by atoms with van der Waals surface area (Å²) in [7, 11) is 3.12. The second-order valence-corrected chi connectivity index (χ2v) is 6.31. The number of carbonyl (C=O) groups is 2. The van der Waals surface area contributed by atoms with E-state index in [9.17, 15) is 9.59 Å². The minimum Gasteiger partial charge on any atom is -0.497 e. The number of hydrogen-bond donors (Lipinski definition) is 0. The summed E-state index contributed by atoms with van der Waals surface area (Å²) in [6, 6.07) is 5.20. The van der Waals surface area contributed by atoms with E-state index in [0.29, 0.717) is 43.2 Å². The molecule has 1 aromatic carbocycles. The van der Waals surface area contributed by atoms with Crippen molar-refractivity contribution in [3.63, 3.8) is 0 Å². The van der Waals surface area contributed by atoms with Crippen molar-refractivity contribution in [1.82, 2.24) is 9.80 Å². The molecule has 1 saturated heterocycles. The van der Waals surface area contributed by atoms with Crippen molar-refractivity contribution in [3.05, 3.63) is 23.8 Å². The molecule has 0 N–H and O–H groups in total. The molecule has 1 aliphatic heterocycles. The van der Waals surface area contributed by atoms with Gasteiger partial charge in [-0.25, -0.2) is 0 Å². The summed E-state index contributed by atoms with van der Waals surface area (Å²) in [5.41, 5.74) is 0.525. The van der Waals surface area contributed by atoms with Crippen molar-refractivity contribution in [1.29, 1.82) is 0 Å². The molecular formula is C18H24N2O4. The third kappa shape index (κ3) is 3.18. The van der Waals surface area contributed by atoms with Crippen LogP contribution in [-0.4, -0.2) is 62.0 Å². The quantitative estimate of drug-likeness (QED) is 0.843. The summed E-state index contributed by atoms with van der Waals surface area (Å²) in [4.78, 5) is 28.7. The van der Waals surface area contributed by atoms with Gasteiger partial charge in [-0.2, -0.15) is 0 Å². The fourth-order valence-electron chi connectivity index (χ4n) is 3.19. The first-order chi connectivity index (χ1) is 11.6. The molecule has 6 heteroatoms. The van der Waals surface area contributed by atoms with E-state index >= 15 is 0 Å². The molecule has 2 aliphatic rings. The summed E-state index contributed by atoms with van der Waals surface area (Å²) in [5.74, 6) is 1.57. The van der Waals surface area contributed by atoms with E-state index < -0.39 is 0 Å². The van der Waals surface area contributed by atoms with Crippen molar-refractivity contribution in [2.75, 3.05) is 40.4 Å². The number of hydrogen-bond acceptors (Lipinski definition) is 4.